The molecule has 1 aromatic carbocycles. The molecular formula is C39H54O11Si. The van der Waals surface area contributed by atoms with Crippen LogP contribution in [0.4, 0.5) is 0 Å². The van der Waals surface area contributed by atoms with Crippen LogP contribution in [0.5, 0.6) is 0 Å². The fourth-order valence-corrected chi connectivity index (χ4v) is 12.4. The van der Waals surface area contributed by atoms with E-state index in [1.165, 1.54) is 19.1 Å². The van der Waals surface area contributed by atoms with Crippen molar-refractivity contribution in [2.75, 3.05) is 6.61 Å². The minimum atomic E-state index is -2.50. The number of ketones is 1. The third kappa shape index (κ3) is 6.04. The summed E-state index contributed by atoms with van der Waals surface area (Å²) < 4.78 is 32.2. The standard InChI is InChI=1S/C39H54O11Si/c1-10-17-29(42)47-31-30-23(5)26(41)21-39(45,36(30,7)8)34(48-35(44)25-18-15-14-16-19-25)32-37(9,33(31)43)27(50-51(11-2,12-3)13-4)20-28-38(32,22-46-28)49-24(6)40/h10,14-19,26-28,31-32,34,41,45H,11-13,20-22H2,1-9H3/b17-10+/t26-,27-,28+,31+,32-,34-,37+,38-,39+/m0/s1. The lowest BCUT2D eigenvalue weighted by atomic mass is 9.44. The predicted molar refractivity (Wildman–Crippen MR) is 190 cm³/mol. The number of allylic oxidation sites excluding steroid dienone is 1. The van der Waals surface area contributed by atoms with Crippen molar-refractivity contribution in [3.8, 4) is 0 Å². The van der Waals surface area contributed by atoms with Gasteiger partial charge < -0.3 is 33.6 Å². The molecule has 3 fully saturated rings. The molecule has 4 aliphatic rings. The highest BCUT2D eigenvalue weighted by atomic mass is 28.4. The van der Waals surface area contributed by atoms with Crippen molar-refractivity contribution >= 4 is 32.0 Å². The zero-order valence-electron chi connectivity index (χ0n) is 31.3. The molecule has 1 heterocycles. The summed E-state index contributed by atoms with van der Waals surface area (Å²) in [5, 5.41) is 25.0. The van der Waals surface area contributed by atoms with Crippen molar-refractivity contribution in [1.82, 2.24) is 0 Å². The lowest BCUT2D eigenvalue weighted by molar-refractivity contribution is -0.344. The van der Waals surface area contributed by atoms with Crippen LogP contribution in [-0.2, 0) is 37.8 Å². The van der Waals surface area contributed by atoms with Crippen molar-refractivity contribution in [3.63, 3.8) is 0 Å². The summed E-state index contributed by atoms with van der Waals surface area (Å²) >= 11 is 0. The molecule has 0 amide bonds. The van der Waals surface area contributed by atoms with Crippen LogP contribution in [0.3, 0.4) is 0 Å². The van der Waals surface area contributed by atoms with Gasteiger partial charge in [-0.1, -0.05) is 58.9 Å². The van der Waals surface area contributed by atoms with Crippen LogP contribution >= 0.6 is 0 Å². The van der Waals surface area contributed by atoms with Gasteiger partial charge in [0.25, 0.3) is 0 Å². The van der Waals surface area contributed by atoms with Gasteiger partial charge in [0.1, 0.15) is 17.8 Å². The first-order chi connectivity index (χ1) is 23.9. The van der Waals surface area contributed by atoms with Gasteiger partial charge in [-0.25, -0.2) is 9.59 Å². The third-order valence-corrected chi connectivity index (χ3v) is 17.4. The molecule has 11 nitrogen and oxygen atoms in total. The van der Waals surface area contributed by atoms with E-state index >= 15 is 4.79 Å². The molecule has 51 heavy (non-hydrogen) atoms. The molecule has 5 rings (SSSR count). The van der Waals surface area contributed by atoms with E-state index < -0.39 is 90.5 Å². The average Bonchev–Trinajstić information content (AvgIpc) is 3.08. The van der Waals surface area contributed by atoms with Crippen LogP contribution in [0.2, 0.25) is 18.1 Å². The molecule has 12 heteroatoms. The Balaban J connectivity index is 1.89. The fourth-order valence-electron chi connectivity index (χ4n) is 9.48. The Bertz CT molecular complexity index is 1590. The van der Waals surface area contributed by atoms with E-state index in [0.29, 0.717) is 5.57 Å². The molecule has 9 atom stereocenters. The van der Waals surface area contributed by atoms with Crippen molar-refractivity contribution in [2.24, 2.45) is 16.7 Å². The summed E-state index contributed by atoms with van der Waals surface area (Å²) in [6.45, 7) is 15.7. The second-order valence-corrected chi connectivity index (χ2v) is 20.2. The Morgan fingerprint density at radius 1 is 1.04 bits per heavy atom. The van der Waals surface area contributed by atoms with Gasteiger partial charge in [-0.15, -0.1) is 0 Å². The molecule has 1 aliphatic heterocycles. The normalized spacial score (nSPS) is 35.9. The van der Waals surface area contributed by atoms with Crippen LogP contribution in [0.25, 0.3) is 0 Å². The largest absolute Gasteiger partial charge is 0.455 e. The summed E-state index contributed by atoms with van der Waals surface area (Å²) in [5.41, 5.74) is -5.95. The molecule has 2 saturated carbocycles. The highest BCUT2D eigenvalue weighted by molar-refractivity contribution is 6.73. The number of benzene rings is 1. The maximum absolute atomic E-state index is 15.8. The monoisotopic (exact) mass is 726 g/mol. The number of carbonyl (C=O) groups is 4. The smallest absolute Gasteiger partial charge is 0.338 e. The quantitative estimate of drug-likeness (QED) is 0.107. The Labute approximate surface area is 301 Å². The molecule has 1 saturated heterocycles. The maximum atomic E-state index is 15.8. The minimum absolute atomic E-state index is 0.140. The molecule has 2 bridgehead atoms. The number of hydrogen-bond acceptors (Lipinski definition) is 11. The minimum Gasteiger partial charge on any atom is -0.455 e. The van der Waals surface area contributed by atoms with Gasteiger partial charge in [0, 0.05) is 31.3 Å². The van der Waals surface area contributed by atoms with Gasteiger partial charge >= 0.3 is 17.9 Å². The Morgan fingerprint density at radius 2 is 1.67 bits per heavy atom. The van der Waals surface area contributed by atoms with Gasteiger partial charge in [-0.05, 0) is 62.2 Å². The summed E-state index contributed by atoms with van der Waals surface area (Å²) in [4.78, 5) is 56.3. The first-order valence-corrected chi connectivity index (χ1v) is 20.7. The van der Waals surface area contributed by atoms with E-state index in [1.54, 1.807) is 65.0 Å². The SMILES string of the molecule is C/C=C/C(=O)O[C@H]1C(=O)[C@]2(C)[C@@H](O[Si](CC)(CC)CC)C[C@H]3OC[C@@]3(OC(C)=O)[C@H]2[C@H](OC(=O)c2ccccc2)[C@]2(O)C[C@H](O)C(C)=C1C2(C)C. The average molecular weight is 727 g/mol. The molecule has 280 valence electrons. The Morgan fingerprint density at radius 3 is 2.20 bits per heavy atom. The topological polar surface area (TPSA) is 155 Å². The van der Waals surface area contributed by atoms with Crippen LogP contribution in [0.1, 0.15) is 85.5 Å². The van der Waals surface area contributed by atoms with E-state index in [1.807, 2.05) is 0 Å². The van der Waals surface area contributed by atoms with Crippen molar-refractivity contribution < 1.29 is 52.8 Å². The summed E-state index contributed by atoms with van der Waals surface area (Å²) in [7, 11) is -2.50. The molecule has 0 spiro atoms. The summed E-state index contributed by atoms with van der Waals surface area (Å²) in [6.07, 6.45) is -3.47. The van der Waals surface area contributed by atoms with Crippen LogP contribution in [0.15, 0.2) is 53.6 Å². The number of hydrogen-bond donors (Lipinski definition) is 2. The molecule has 2 N–H and O–H groups in total. The number of aliphatic hydroxyl groups is 2. The van der Waals surface area contributed by atoms with E-state index in [9.17, 15) is 24.6 Å². The van der Waals surface area contributed by atoms with Gasteiger partial charge in [0.05, 0.1) is 35.7 Å². The van der Waals surface area contributed by atoms with E-state index in [-0.39, 0.29) is 30.6 Å². The zero-order chi connectivity index (χ0) is 37.7. The van der Waals surface area contributed by atoms with Crippen LogP contribution < -0.4 is 0 Å². The highest BCUT2D eigenvalue weighted by Gasteiger charge is 2.78. The maximum Gasteiger partial charge on any atom is 0.338 e. The Kier molecular flexibility index (Phi) is 10.7. The number of esters is 3. The number of ether oxygens (including phenoxy) is 4. The zero-order valence-corrected chi connectivity index (χ0v) is 32.3. The van der Waals surface area contributed by atoms with Crippen LogP contribution in [0, 0.1) is 16.7 Å². The number of Topliss-reactive ketones (excluding diaryl/α,β-unsaturated/α-hetero) is 1. The highest BCUT2D eigenvalue weighted by Crippen LogP contribution is 2.65. The van der Waals surface area contributed by atoms with E-state index in [0.717, 1.165) is 18.1 Å². The van der Waals surface area contributed by atoms with Gasteiger partial charge in [0.2, 0.25) is 0 Å². The van der Waals surface area contributed by atoms with Crippen molar-refractivity contribution in [2.45, 2.75) is 135 Å². The first kappa shape index (κ1) is 39.1. The summed E-state index contributed by atoms with van der Waals surface area (Å²) in [6, 6.07) is 10.6. The van der Waals surface area contributed by atoms with Crippen molar-refractivity contribution in [1.29, 1.82) is 0 Å². The van der Waals surface area contributed by atoms with Gasteiger partial charge in [-0.2, -0.15) is 0 Å². The number of rotatable bonds is 10. The second kappa shape index (κ2) is 14.0. The number of aliphatic hydroxyl groups excluding tert-OH is 1. The fraction of sp³-hybridized carbons (Fsp3) is 0.641. The lowest BCUT2D eigenvalue weighted by Crippen LogP contribution is -2.82. The van der Waals surface area contributed by atoms with Crippen LogP contribution in [-0.4, -0.2) is 90.6 Å². The molecule has 1 aromatic rings. The third-order valence-electron chi connectivity index (χ3n) is 12.8. The van der Waals surface area contributed by atoms with Gasteiger partial charge in [-0.3, -0.25) is 9.59 Å². The van der Waals surface area contributed by atoms with Gasteiger partial charge in [0.15, 0.2) is 25.8 Å². The Hall–Kier alpha value is -3.16. The number of fused-ring (bicyclic) bond motifs is 5. The molecular weight excluding hydrogens is 673 g/mol. The number of carbonyl (C=O) groups excluding carboxylic acids is 4. The van der Waals surface area contributed by atoms with E-state index in [4.69, 9.17) is 23.4 Å². The second-order valence-electron chi connectivity index (χ2n) is 15.4. The predicted octanol–water partition coefficient (Wildman–Crippen LogP) is 5.24. The molecule has 0 radical (unpaired) electrons. The lowest BCUT2D eigenvalue weighted by Gasteiger charge is -2.68. The molecule has 0 aromatic heterocycles. The van der Waals surface area contributed by atoms with Crippen molar-refractivity contribution in [3.05, 3.63) is 59.2 Å². The molecule has 0 unspecified atom stereocenters. The molecule has 3 aliphatic carbocycles. The summed E-state index contributed by atoms with van der Waals surface area (Å²) in [5.74, 6) is -4.01. The van der Waals surface area contributed by atoms with E-state index in [2.05, 4.69) is 20.8 Å². The first-order valence-electron chi connectivity index (χ1n) is 18.2.